The van der Waals surface area contributed by atoms with E-state index in [1.807, 2.05) is 13.0 Å². The SMILES string of the molecule is Cc1cc(CN2CCC(Cn3nc4c(cc3=O)CCCC4)CC2)n[nH]1. The van der Waals surface area contributed by atoms with E-state index >= 15 is 0 Å². The van der Waals surface area contributed by atoms with Crippen LogP contribution >= 0.6 is 0 Å². The first-order chi connectivity index (χ1) is 12.2. The van der Waals surface area contributed by atoms with Crippen LogP contribution < -0.4 is 5.56 Å². The zero-order chi connectivity index (χ0) is 17.2. The van der Waals surface area contributed by atoms with Crippen molar-refractivity contribution in [3.63, 3.8) is 0 Å². The third-order valence-corrected chi connectivity index (χ3v) is 5.56. The summed E-state index contributed by atoms with van der Waals surface area (Å²) in [5, 5.41) is 12.0. The van der Waals surface area contributed by atoms with E-state index in [1.54, 1.807) is 4.68 Å². The van der Waals surface area contributed by atoms with Crippen LogP contribution in [0.2, 0.25) is 0 Å². The van der Waals surface area contributed by atoms with Crippen molar-refractivity contribution in [1.29, 1.82) is 0 Å². The average molecular weight is 341 g/mol. The zero-order valence-corrected chi connectivity index (χ0v) is 15.0. The summed E-state index contributed by atoms with van der Waals surface area (Å²) < 4.78 is 1.72. The minimum atomic E-state index is 0.0788. The number of hydrogen-bond acceptors (Lipinski definition) is 4. The van der Waals surface area contributed by atoms with Crippen LogP contribution in [0.25, 0.3) is 0 Å². The summed E-state index contributed by atoms with van der Waals surface area (Å²) in [5.41, 5.74) is 4.63. The van der Waals surface area contributed by atoms with E-state index in [9.17, 15) is 4.79 Å². The van der Waals surface area contributed by atoms with Crippen LogP contribution in [0.3, 0.4) is 0 Å². The molecule has 4 rings (SSSR count). The number of rotatable bonds is 4. The van der Waals surface area contributed by atoms with Gasteiger partial charge in [-0.25, -0.2) is 4.68 Å². The number of hydrogen-bond donors (Lipinski definition) is 1. The molecule has 6 nitrogen and oxygen atoms in total. The van der Waals surface area contributed by atoms with E-state index in [0.717, 1.165) is 68.9 Å². The van der Waals surface area contributed by atoms with Crippen molar-refractivity contribution in [2.45, 2.75) is 58.5 Å². The Morgan fingerprint density at radius 2 is 2.00 bits per heavy atom. The van der Waals surface area contributed by atoms with E-state index in [1.165, 1.54) is 18.4 Å². The minimum Gasteiger partial charge on any atom is -0.297 e. The molecule has 6 heteroatoms. The van der Waals surface area contributed by atoms with Gasteiger partial charge in [0.25, 0.3) is 5.56 Å². The van der Waals surface area contributed by atoms with Gasteiger partial charge >= 0.3 is 0 Å². The number of piperidine rings is 1. The van der Waals surface area contributed by atoms with E-state index in [-0.39, 0.29) is 5.56 Å². The predicted octanol–water partition coefficient (Wildman–Crippen LogP) is 2.07. The third-order valence-electron chi connectivity index (χ3n) is 5.56. The van der Waals surface area contributed by atoms with E-state index in [2.05, 4.69) is 26.3 Å². The second-order valence-electron chi connectivity index (χ2n) is 7.61. The lowest BCUT2D eigenvalue weighted by molar-refractivity contribution is 0.161. The van der Waals surface area contributed by atoms with Gasteiger partial charge in [0.2, 0.25) is 0 Å². The molecule has 0 amide bonds. The molecule has 2 aromatic heterocycles. The van der Waals surface area contributed by atoms with Gasteiger partial charge in [-0.1, -0.05) is 0 Å². The molecule has 2 aromatic rings. The Labute approximate surface area is 148 Å². The van der Waals surface area contributed by atoms with Gasteiger partial charge in [-0.15, -0.1) is 0 Å². The Morgan fingerprint density at radius 1 is 1.20 bits per heavy atom. The molecule has 0 spiro atoms. The number of H-pyrrole nitrogens is 1. The van der Waals surface area contributed by atoms with Crippen molar-refractivity contribution >= 4 is 0 Å². The standard InChI is InChI=1S/C19H27N5O/c1-14-10-17(21-20-14)13-23-8-6-15(7-9-23)12-24-19(25)11-16-4-2-3-5-18(16)22-24/h10-11,15H,2-9,12-13H2,1H3,(H,20,21). The van der Waals surface area contributed by atoms with Gasteiger partial charge in [0.15, 0.2) is 0 Å². The third kappa shape index (κ3) is 3.84. The summed E-state index contributed by atoms with van der Waals surface area (Å²) in [6, 6.07) is 3.94. The van der Waals surface area contributed by atoms with Crippen LogP contribution in [-0.2, 0) is 25.9 Å². The highest BCUT2D eigenvalue weighted by Gasteiger charge is 2.22. The molecule has 0 radical (unpaired) electrons. The molecule has 1 N–H and O–H groups in total. The Bertz CT molecular complexity index is 785. The molecule has 0 atom stereocenters. The highest BCUT2D eigenvalue weighted by atomic mass is 16.1. The number of nitrogens with one attached hydrogen (secondary N) is 1. The first-order valence-electron chi connectivity index (χ1n) is 9.50. The largest absolute Gasteiger partial charge is 0.297 e. The number of aromatic amines is 1. The number of aryl methyl sites for hydroxylation is 3. The van der Waals surface area contributed by atoms with Crippen molar-refractivity contribution in [2.75, 3.05) is 13.1 Å². The van der Waals surface area contributed by atoms with Crippen molar-refractivity contribution < 1.29 is 0 Å². The highest BCUT2D eigenvalue weighted by molar-refractivity contribution is 5.20. The fraction of sp³-hybridized carbons (Fsp3) is 0.632. The zero-order valence-electron chi connectivity index (χ0n) is 15.0. The van der Waals surface area contributed by atoms with E-state index in [4.69, 9.17) is 0 Å². The van der Waals surface area contributed by atoms with Crippen molar-refractivity contribution in [3.05, 3.63) is 45.1 Å². The molecule has 1 saturated heterocycles. The van der Waals surface area contributed by atoms with Crippen LogP contribution in [0.1, 0.15) is 48.3 Å². The van der Waals surface area contributed by atoms with Crippen LogP contribution in [-0.4, -0.2) is 38.0 Å². The van der Waals surface area contributed by atoms with Crippen LogP contribution in [0.15, 0.2) is 16.9 Å². The van der Waals surface area contributed by atoms with Gasteiger partial charge in [-0.2, -0.15) is 10.2 Å². The van der Waals surface area contributed by atoms with Gasteiger partial charge in [0, 0.05) is 24.8 Å². The number of aromatic nitrogens is 4. The molecule has 0 saturated carbocycles. The molecule has 1 fully saturated rings. The van der Waals surface area contributed by atoms with Gasteiger partial charge in [0.05, 0.1) is 11.4 Å². The summed E-state index contributed by atoms with van der Waals surface area (Å²) in [6.07, 6.45) is 6.67. The Hall–Kier alpha value is -1.95. The lowest BCUT2D eigenvalue weighted by Gasteiger charge is -2.31. The quantitative estimate of drug-likeness (QED) is 0.924. The molecule has 0 aromatic carbocycles. The smallest absolute Gasteiger partial charge is 0.267 e. The van der Waals surface area contributed by atoms with E-state index in [0.29, 0.717) is 5.92 Å². The lowest BCUT2D eigenvalue weighted by Crippen LogP contribution is -2.37. The lowest BCUT2D eigenvalue weighted by atomic mass is 9.95. The number of likely N-dealkylation sites (tertiary alicyclic amines) is 1. The second kappa shape index (κ2) is 7.12. The fourth-order valence-electron chi connectivity index (χ4n) is 4.09. The molecule has 25 heavy (non-hydrogen) atoms. The van der Waals surface area contributed by atoms with Gasteiger partial charge < -0.3 is 0 Å². The summed E-state index contributed by atoms with van der Waals surface area (Å²) in [7, 11) is 0. The van der Waals surface area contributed by atoms with Crippen molar-refractivity contribution in [3.8, 4) is 0 Å². The first-order valence-corrected chi connectivity index (χ1v) is 9.50. The first kappa shape index (κ1) is 16.5. The van der Waals surface area contributed by atoms with Crippen molar-refractivity contribution in [2.24, 2.45) is 5.92 Å². The summed E-state index contributed by atoms with van der Waals surface area (Å²) in [5.74, 6) is 0.545. The summed E-state index contributed by atoms with van der Waals surface area (Å²) >= 11 is 0. The molecule has 0 unspecified atom stereocenters. The number of fused-ring (bicyclic) bond motifs is 1. The molecule has 2 aliphatic rings. The maximum Gasteiger partial charge on any atom is 0.267 e. The monoisotopic (exact) mass is 341 g/mol. The average Bonchev–Trinajstić information content (AvgIpc) is 3.02. The van der Waals surface area contributed by atoms with Crippen LogP contribution in [0.4, 0.5) is 0 Å². The summed E-state index contributed by atoms with van der Waals surface area (Å²) in [6.45, 7) is 5.84. The molecule has 1 aliphatic heterocycles. The molecule has 134 valence electrons. The van der Waals surface area contributed by atoms with Gasteiger partial charge in [-0.05, 0) is 76.1 Å². The highest BCUT2D eigenvalue weighted by Crippen LogP contribution is 2.21. The van der Waals surface area contributed by atoms with Crippen LogP contribution in [0, 0.1) is 12.8 Å². The Morgan fingerprint density at radius 3 is 2.76 bits per heavy atom. The minimum absolute atomic E-state index is 0.0788. The molecule has 1 aliphatic carbocycles. The molecule has 3 heterocycles. The fourth-order valence-corrected chi connectivity index (χ4v) is 4.09. The summed E-state index contributed by atoms with van der Waals surface area (Å²) in [4.78, 5) is 14.8. The number of nitrogens with zero attached hydrogens (tertiary/aromatic N) is 4. The maximum absolute atomic E-state index is 12.4. The Kier molecular flexibility index (Phi) is 4.70. The maximum atomic E-state index is 12.4. The topological polar surface area (TPSA) is 66.8 Å². The van der Waals surface area contributed by atoms with E-state index < -0.39 is 0 Å². The van der Waals surface area contributed by atoms with Gasteiger partial charge in [-0.3, -0.25) is 14.8 Å². The van der Waals surface area contributed by atoms with Gasteiger partial charge in [0.1, 0.15) is 0 Å². The second-order valence-corrected chi connectivity index (χ2v) is 7.61. The normalized spacial score (nSPS) is 19.1. The van der Waals surface area contributed by atoms with Crippen molar-refractivity contribution in [1.82, 2.24) is 24.9 Å². The molecular formula is C19H27N5O. The van der Waals surface area contributed by atoms with Crippen LogP contribution in [0.5, 0.6) is 0 Å². The molecular weight excluding hydrogens is 314 g/mol. The molecule has 0 bridgehead atoms. The Balaban J connectivity index is 1.35. The predicted molar refractivity (Wildman–Crippen MR) is 96.5 cm³/mol.